The largest absolute Gasteiger partial charge is 0.481 e. The summed E-state index contributed by atoms with van der Waals surface area (Å²) in [6.07, 6.45) is -1.94. The molecule has 0 aliphatic carbocycles. The molecule has 3 heterocycles. The number of ether oxygens (including phenoxy) is 1. The van der Waals surface area contributed by atoms with E-state index in [9.17, 15) is 27.9 Å². The quantitative estimate of drug-likeness (QED) is 0.809. The van der Waals surface area contributed by atoms with Crippen molar-refractivity contribution in [3.8, 4) is 0 Å². The Bertz CT molecular complexity index is 824. The SMILES string of the molecule is O=C(O)[C@H]1[C@@H]2C=C[C@@]3(CN(c4ccc(C(F)(F)F)cc4Cl)C(=O)[C@H]13)O2. The first-order chi connectivity index (χ1) is 11.6. The summed E-state index contributed by atoms with van der Waals surface area (Å²) >= 11 is 5.97. The van der Waals surface area contributed by atoms with Crippen LogP contribution in [-0.2, 0) is 20.5 Å². The fraction of sp³-hybridized carbons (Fsp3) is 0.375. The molecule has 2 bridgehead atoms. The lowest BCUT2D eigenvalue weighted by molar-refractivity contribution is -0.146. The number of carboxylic acid groups (broad SMARTS) is 1. The molecule has 1 N–H and O–H groups in total. The highest BCUT2D eigenvalue weighted by Gasteiger charge is 2.67. The van der Waals surface area contributed by atoms with Crippen LogP contribution in [0.2, 0.25) is 5.02 Å². The van der Waals surface area contributed by atoms with E-state index in [1.54, 1.807) is 12.2 Å². The molecule has 2 saturated heterocycles. The van der Waals surface area contributed by atoms with Gasteiger partial charge in [-0.1, -0.05) is 23.8 Å². The van der Waals surface area contributed by atoms with Gasteiger partial charge >= 0.3 is 12.1 Å². The molecule has 1 aromatic carbocycles. The molecule has 3 aliphatic rings. The smallest absolute Gasteiger partial charge is 0.416 e. The number of amides is 1. The molecule has 132 valence electrons. The number of fused-ring (bicyclic) bond motifs is 1. The molecule has 2 fully saturated rings. The summed E-state index contributed by atoms with van der Waals surface area (Å²) in [7, 11) is 0. The number of hydrogen-bond donors (Lipinski definition) is 1. The Kier molecular flexibility index (Phi) is 3.27. The van der Waals surface area contributed by atoms with E-state index in [0.29, 0.717) is 0 Å². The third-order valence-electron chi connectivity index (χ3n) is 4.95. The number of benzene rings is 1. The molecule has 1 amide bonds. The van der Waals surface area contributed by atoms with E-state index in [-0.39, 0.29) is 17.3 Å². The first-order valence-corrected chi connectivity index (χ1v) is 7.80. The van der Waals surface area contributed by atoms with Crippen LogP contribution in [0.15, 0.2) is 30.4 Å². The molecule has 9 heteroatoms. The van der Waals surface area contributed by atoms with Gasteiger partial charge in [0.1, 0.15) is 11.5 Å². The molecule has 1 spiro atoms. The van der Waals surface area contributed by atoms with Crippen molar-refractivity contribution in [2.45, 2.75) is 17.9 Å². The second kappa shape index (κ2) is 4.98. The Labute approximate surface area is 144 Å². The van der Waals surface area contributed by atoms with E-state index in [1.807, 2.05) is 0 Å². The monoisotopic (exact) mass is 373 g/mol. The minimum atomic E-state index is -4.55. The van der Waals surface area contributed by atoms with E-state index < -0.39 is 47.2 Å². The molecule has 4 rings (SSSR count). The second-order valence-electron chi connectivity index (χ2n) is 6.33. The number of halogens is 4. The first kappa shape index (κ1) is 16.4. The summed E-state index contributed by atoms with van der Waals surface area (Å²) in [4.78, 5) is 25.5. The number of carboxylic acids is 1. The van der Waals surface area contributed by atoms with Crippen molar-refractivity contribution in [3.05, 3.63) is 40.9 Å². The van der Waals surface area contributed by atoms with Crippen LogP contribution in [0.5, 0.6) is 0 Å². The van der Waals surface area contributed by atoms with Crippen LogP contribution < -0.4 is 4.90 Å². The zero-order valence-electron chi connectivity index (χ0n) is 12.5. The number of anilines is 1. The number of alkyl halides is 3. The van der Waals surface area contributed by atoms with Gasteiger partial charge in [0, 0.05) is 0 Å². The predicted molar refractivity (Wildman–Crippen MR) is 80.2 cm³/mol. The third-order valence-corrected chi connectivity index (χ3v) is 5.25. The van der Waals surface area contributed by atoms with E-state index in [0.717, 1.165) is 18.2 Å². The predicted octanol–water partition coefficient (Wildman–Crippen LogP) is 2.73. The number of rotatable bonds is 2. The van der Waals surface area contributed by atoms with Gasteiger partial charge < -0.3 is 14.7 Å². The normalized spacial score (nSPS) is 33.2. The topological polar surface area (TPSA) is 66.8 Å². The van der Waals surface area contributed by atoms with Gasteiger partial charge in [-0.2, -0.15) is 13.2 Å². The lowest BCUT2D eigenvalue weighted by Crippen LogP contribution is -2.39. The van der Waals surface area contributed by atoms with Crippen molar-refractivity contribution >= 4 is 29.2 Å². The highest BCUT2D eigenvalue weighted by Crippen LogP contribution is 2.53. The highest BCUT2D eigenvalue weighted by molar-refractivity contribution is 6.34. The highest BCUT2D eigenvalue weighted by atomic mass is 35.5. The number of carbonyl (C=O) groups excluding carboxylic acids is 1. The molecule has 0 radical (unpaired) electrons. The summed E-state index contributed by atoms with van der Waals surface area (Å²) in [6.45, 7) is 0.0123. The fourth-order valence-electron chi connectivity index (χ4n) is 3.89. The average Bonchev–Trinajstić information content (AvgIpc) is 3.14. The fourth-order valence-corrected chi connectivity index (χ4v) is 4.17. The standard InChI is InChI=1S/C16H11ClF3NO4/c17-8-5-7(16(18,19)20)1-2-9(8)21-6-15-4-3-10(25-15)11(14(23)24)12(15)13(21)22/h1-5,10-12H,6H2,(H,23,24)/t10-,11-,12-,15-/m0/s1. The molecular formula is C16H11ClF3NO4. The van der Waals surface area contributed by atoms with Crippen molar-refractivity contribution in [3.63, 3.8) is 0 Å². The number of aliphatic carboxylic acids is 1. The minimum absolute atomic E-state index is 0.0123. The van der Waals surface area contributed by atoms with Gasteiger partial charge in [0.15, 0.2) is 0 Å². The van der Waals surface area contributed by atoms with Gasteiger partial charge in [0.05, 0.1) is 34.8 Å². The van der Waals surface area contributed by atoms with Crippen LogP contribution in [0.1, 0.15) is 5.56 Å². The Morgan fingerprint density at radius 1 is 1.40 bits per heavy atom. The van der Waals surface area contributed by atoms with Crippen LogP contribution in [0.25, 0.3) is 0 Å². The molecule has 1 aromatic rings. The first-order valence-electron chi connectivity index (χ1n) is 7.42. The number of carbonyl (C=O) groups is 2. The molecule has 0 unspecified atom stereocenters. The van der Waals surface area contributed by atoms with Crippen molar-refractivity contribution < 1.29 is 32.6 Å². The lowest BCUT2D eigenvalue weighted by Gasteiger charge is -2.22. The van der Waals surface area contributed by atoms with Gasteiger partial charge in [-0.05, 0) is 18.2 Å². The van der Waals surface area contributed by atoms with Crippen LogP contribution in [0.4, 0.5) is 18.9 Å². The van der Waals surface area contributed by atoms with E-state index in [4.69, 9.17) is 16.3 Å². The molecule has 3 aliphatic heterocycles. The summed E-state index contributed by atoms with van der Waals surface area (Å²) in [6, 6.07) is 2.70. The van der Waals surface area contributed by atoms with Crippen LogP contribution in [0, 0.1) is 11.8 Å². The van der Waals surface area contributed by atoms with Crippen LogP contribution in [0.3, 0.4) is 0 Å². The van der Waals surface area contributed by atoms with E-state index >= 15 is 0 Å². The Hall–Kier alpha value is -2.06. The maximum Gasteiger partial charge on any atom is 0.416 e. The molecule has 4 atom stereocenters. The number of hydrogen-bond acceptors (Lipinski definition) is 3. The minimum Gasteiger partial charge on any atom is -0.481 e. The van der Waals surface area contributed by atoms with Crippen molar-refractivity contribution in [2.75, 3.05) is 11.4 Å². The average molecular weight is 374 g/mol. The molecule has 5 nitrogen and oxygen atoms in total. The second-order valence-corrected chi connectivity index (χ2v) is 6.73. The molecular weight excluding hydrogens is 363 g/mol. The van der Waals surface area contributed by atoms with Gasteiger partial charge in [-0.15, -0.1) is 0 Å². The zero-order valence-corrected chi connectivity index (χ0v) is 13.2. The van der Waals surface area contributed by atoms with Crippen molar-refractivity contribution in [1.82, 2.24) is 0 Å². The molecule has 0 saturated carbocycles. The number of nitrogens with zero attached hydrogens (tertiary/aromatic N) is 1. The zero-order chi connectivity index (χ0) is 18.1. The lowest BCUT2D eigenvalue weighted by atomic mass is 9.77. The Morgan fingerprint density at radius 2 is 2.12 bits per heavy atom. The maximum absolute atomic E-state index is 12.8. The van der Waals surface area contributed by atoms with Gasteiger partial charge in [0.2, 0.25) is 5.91 Å². The third kappa shape index (κ3) is 2.20. The van der Waals surface area contributed by atoms with E-state index in [1.165, 1.54) is 4.90 Å². The Morgan fingerprint density at radius 3 is 2.72 bits per heavy atom. The van der Waals surface area contributed by atoms with E-state index in [2.05, 4.69) is 0 Å². The van der Waals surface area contributed by atoms with Gasteiger partial charge in [-0.25, -0.2) is 0 Å². The molecule has 0 aromatic heterocycles. The van der Waals surface area contributed by atoms with Gasteiger partial charge in [0.25, 0.3) is 0 Å². The molecule has 25 heavy (non-hydrogen) atoms. The van der Waals surface area contributed by atoms with Crippen LogP contribution in [-0.4, -0.2) is 35.2 Å². The van der Waals surface area contributed by atoms with Crippen molar-refractivity contribution in [1.29, 1.82) is 0 Å². The van der Waals surface area contributed by atoms with Gasteiger partial charge in [-0.3, -0.25) is 9.59 Å². The summed E-state index contributed by atoms with van der Waals surface area (Å²) in [5, 5.41) is 9.17. The maximum atomic E-state index is 12.8. The van der Waals surface area contributed by atoms with Crippen LogP contribution >= 0.6 is 11.6 Å². The van der Waals surface area contributed by atoms with Crippen molar-refractivity contribution in [2.24, 2.45) is 11.8 Å². The summed E-state index contributed by atoms with van der Waals surface area (Å²) < 4.78 is 44.0. The Balaban J connectivity index is 1.72. The summed E-state index contributed by atoms with van der Waals surface area (Å²) in [5.74, 6) is -3.59. The summed E-state index contributed by atoms with van der Waals surface area (Å²) in [5.41, 5.74) is -1.89.